The summed E-state index contributed by atoms with van der Waals surface area (Å²) < 4.78 is 10.8. The van der Waals surface area contributed by atoms with Gasteiger partial charge in [0, 0.05) is 5.41 Å². The third kappa shape index (κ3) is 13.9. The average molecular weight is 475 g/mol. The van der Waals surface area contributed by atoms with Crippen LogP contribution in [0.4, 0.5) is 0 Å². The molecule has 0 spiro atoms. The minimum absolute atomic E-state index is 0.0116. The molecule has 1 N–H and O–H groups in total. The molecule has 0 bridgehead atoms. The number of esters is 1. The number of carbonyl (C=O) groups excluding carboxylic acids is 1. The maximum atomic E-state index is 11.8. The maximum Gasteiger partial charge on any atom is 0.332 e. The summed E-state index contributed by atoms with van der Waals surface area (Å²) in [5, 5.41) is 10.3. The Balaban J connectivity index is 2.50. The summed E-state index contributed by atoms with van der Waals surface area (Å²) in [6, 6.07) is 0. The third-order valence-corrected chi connectivity index (χ3v) is 6.29. The summed E-state index contributed by atoms with van der Waals surface area (Å²) in [5.41, 5.74) is 2.23. The van der Waals surface area contributed by atoms with Crippen molar-refractivity contribution in [2.45, 2.75) is 112 Å². The van der Waals surface area contributed by atoms with E-state index in [0.717, 1.165) is 32.1 Å². The van der Waals surface area contributed by atoms with E-state index in [1.54, 1.807) is 0 Å². The van der Waals surface area contributed by atoms with Crippen molar-refractivity contribution >= 4 is 5.97 Å². The second kappa shape index (κ2) is 15.4. The Morgan fingerprint density at radius 3 is 2.56 bits per heavy atom. The van der Waals surface area contributed by atoms with Crippen molar-refractivity contribution in [1.29, 1.82) is 0 Å². The van der Waals surface area contributed by atoms with E-state index in [1.165, 1.54) is 30.4 Å². The molecule has 0 aromatic rings. The molecule has 0 unspecified atom stereocenters. The molecule has 0 aliphatic heterocycles. The highest BCUT2D eigenvalue weighted by Gasteiger charge is 2.28. The van der Waals surface area contributed by atoms with Crippen LogP contribution in [0.1, 0.15) is 99.8 Å². The lowest BCUT2D eigenvalue weighted by molar-refractivity contribution is -0.159. The number of hydrogen-bond donors (Lipinski definition) is 1. The van der Waals surface area contributed by atoms with Crippen LogP contribution >= 0.6 is 0 Å². The highest BCUT2D eigenvalue weighted by atomic mass is 16.6. The minimum atomic E-state index is -0.490. The molecule has 0 saturated heterocycles. The van der Waals surface area contributed by atoms with Crippen LogP contribution in [0.15, 0.2) is 47.6 Å². The summed E-state index contributed by atoms with van der Waals surface area (Å²) in [6.45, 7) is 14.8. The normalized spacial score (nSPS) is 22.3. The lowest BCUT2D eigenvalue weighted by Gasteiger charge is -2.34. The third-order valence-electron chi connectivity index (χ3n) is 6.29. The SMILES string of the molecule is CC(C)=CCC[C@H](C)CC[C@@H](O)/C=C/C=C/[C@]1(C)CCCC/C1=C\COCC(=O)OC(C)(C)C. The van der Waals surface area contributed by atoms with Crippen molar-refractivity contribution in [2.75, 3.05) is 13.2 Å². The summed E-state index contributed by atoms with van der Waals surface area (Å²) >= 11 is 0. The van der Waals surface area contributed by atoms with Gasteiger partial charge in [-0.25, -0.2) is 4.79 Å². The van der Waals surface area contributed by atoms with Gasteiger partial charge in [-0.05, 0) is 85.5 Å². The van der Waals surface area contributed by atoms with E-state index in [2.05, 4.69) is 52.0 Å². The molecule has 0 radical (unpaired) electrons. The second-order valence-electron chi connectivity index (χ2n) is 11.3. The molecular weight excluding hydrogens is 424 g/mol. The van der Waals surface area contributed by atoms with Crippen molar-refractivity contribution in [3.8, 4) is 0 Å². The molecule has 0 aromatic heterocycles. The van der Waals surface area contributed by atoms with Crippen LogP contribution in [0, 0.1) is 11.3 Å². The summed E-state index contributed by atoms with van der Waals surface area (Å²) in [7, 11) is 0. The number of aliphatic hydroxyl groups is 1. The van der Waals surface area contributed by atoms with E-state index in [-0.39, 0.29) is 18.0 Å². The molecule has 4 nitrogen and oxygen atoms in total. The van der Waals surface area contributed by atoms with Crippen LogP contribution in [-0.4, -0.2) is 36.0 Å². The van der Waals surface area contributed by atoms with Gasteiger partial charge in [0.15, 0.2) is 0 Å². The minimum Gasteiger partial charge on any atom is -0.458 e. The summed E-state index contributed by atoms with van der Waals surface area (Å²) in [4.78, 5) is 11.8. The predicted octanol–water partition coefficient (Wildman–Crippen LogP) is 7.49. The van der Waals surface area contributed by atoms with Gasteiger partial charge in [0.1, 0.15) is 12.2 Å². The molecule has 0 amide bonds. The Morgan fingerprint density at radius 2 is 1.88 bits per heavy atom. The number of ether oxygens (including phenoxy) is 2. The van der Waals surface area contributed by atoms with E-state index >= 15 is 0 Å². The first-order valence-corrected chi connectivity index (χ1v) is 13.1. The monoisotopic (exact) mass is 474 g/mol. The first-order chi connectivity index (χ1) is 15.9. The smallest absolute Gasteiger partial charge is 0.332 e. The zero-order chi connectivity index (χ0) is 25.6. The van der Waals surface area contributed by atoms with E-state index in [0.29, 0.717) is 12.5 Å². The van der Waals surface area contributed by atoms with Gasteiger partial charge in [0.2, 0.25) is 0 Å². The highest BCUT2D eigenvalue weighted by Crippen LogP contribution is 2.41. The zero-order valence-corrected chi connectivity index (χ0v) is 22.9. The number of hydrogen-bond acceptors (Lipinski definition) is 4. The Morgan fingerprint density at radius 1 is 1.15 bits per heavy atom. The Hall–Kier alpha value is -1.65. The standard InChI is InChI=1S/C30H50O4/c1-24(2)13-12-14-25(3)17-18-27(31)16-9-11-21-30(7)20-10-8-15-26(30)19-22-33-23-28(32)34-29(4,5)6/h9,11,13,16,19,21,25,27,31H,8,10,12,14-15,17-18,20,22-23H2,1-7H3/b16-9+,21-11+,26-19+/t25-,27-,30-/m0/s1. The van der Waals surface area contributed by atoms with Crippen LogP contribution in [0.25, 0.3) is 0 Å². The summed E-state index contributed by atoms with van der Waals surface area (Å²) in [5.74, 6) is 0.295. The van der Waals surface area contributed by atoms with E-state index in [9.17, 15) is 9.90 Å². The first-order valence-electron chi connectivity index (χ1n) is 13.1. The van der Waals surface area contributed by atoms with Crippen molar-refractivity contribution in [3.05, 3.63) is 47.6 Å². The Labute approximate surface area is 209 Å². The fraction of sp³-hybridized carbons (Fsp3) is 0.700. The van der Waals surface area contributed by atoms with E-state index in [1.807, 2.05) is 32.9 Å². The van der Waals surface area contributed by atoms with Crippen molar-refractivity contribution in [3.63, 3.8) is 0 Å². The number of rotatable bonds is 13. The lowest BCUT2D eigenvalue weighted by Crippen LogP contribution is -2.26. The molecule has 1 rings (SSSR count). The van der Waals surface area contributed by atoms with Gasteiger partial charge in [0.05, 0.1) is 12.7 Å². The summed E-state index contributed by atoms with van der Waals surface area (Å²) in [6.07, 6.45) is 20.9. The van der Waals surface area contributed by atoms with Crippen LogP contribution in [0.3, 0.4) is 0 Å². The number of allylic oxidation sites excluding steroid dienone is 6. The maximum absolute atomic E-state index is 11.8. The van der Waals surface area contributed by atoms with Crippen LogP contribution in [0.2, 0.25) is 0 Å². The van der Waals surface area contributed by atoms with Gasteiger partial charge < -0.3 is 14.6 Å². The van der Waals surface area contributed by atoms with Gasteiger partial charge in [-0.3, -0.25) is 0 Å². The first kappa shape index (κ1) is 30.4. The van der Waals surface area contributed by atoms with Crippen LogP contribution < -0.4 is 0 Å². The molecule has 194 valence electrons. The number of aliphatic hydroxyl groups excluding tert-OH is 1. The fourth-order valence-electron chi connectivity index (χ4n) is 4.26. The van der Waals surface area contributed by atoms with Crippen LogP contribution in [0.5, 0.6) is 0 Å². The average Bonchev–Trinajstić information content (AvgIpc) is 2.72. The van der Waals surface area contributed by atoms with Gasteiger partial charge in [-0.15, -0.1) is 0 Å². The highest BCUT2D eigenvalue weighted by molar-refractivity contribution is 5.71. The largest absolute Gasteiger partial charge is 0.458 e. The molecule has 1 fully saturated rings. The van der Waals surface area contributed by atoms with E-state index in [4.69, 9.17) is 9.47 Å². The lowest BCUT2D eigenvalue weighted by atomic mass is 9.71. The predicted molar refractivity (Wildman–Crippen MR) is 143 cm³/mol. The molecule has 3 atom stereocenters. The molecular formula is C30H50O4. The van der Waals surface area contributed by atoms with Gasteiger partial charge >= 0.3 is 5.97 Å². The molecule has 1 saturated carbocycles. The second-order valence-corrected chi connectivity index (χ2v) is 11.3. The topological polar surface area (TPSA) is 55.8 Å². The Bertz CT molecular complexity index is 719. The molecule has 0 aromatic carbocycles. The number of carbonyl (C=O) groups is 1. The van der Waals surface area contributed by atoms with Crippen LogP contribution in [-0.2, 0) is 14.3 Å². The molecule has 4 heteroatoms. The van der Waals surface area contributed by atoms with Gasteiger partial charge in [0.25, 0.3) is 0 Å². The quantitative estimate of drug-likeness (QED) is 0.130. The van der Waals surface area contributed by atoms with Gasteiger partial charge in [-0.1, -0.05) is 67.9 Å². The van der Waals surface area contributed by atoms with Gasteiger partial charge in [-0.2, -0.15) is 0 Å². The fourth-order valence-corrected chi connectivity index (χ4v) is 4.26. The van der Waals surface area contributed by atoms with Crippen molar-refractivity contribution in [1.82, 2.24) is 0 Å². The molecule has 34 heavy (non-hydrogen) atoms. The van der Waals surface area contributed by atoms with Crippen molar-refractivity contribution in [2.24, 2.45) is 11.3 Å². The Kier molecular flexibility index (Phi) is 13.7. The zero-order valence-electron chi connectivity index (χ0n) is 22.9. The molecule has 1 aliphatic rings. The van der Waals surface area contributed by atoms with E-state index < -0.39 is 11.7 Å². The molecule has 1 aliphatic carbocycles. The van der Waals surface area contributed by atoms with Crippen molar-refractivity contribution < 1.29 is 19.4 Å². The molecule has 0 heterocycles.